The molecule has 0 heterocycles. The van der Waals surface area contributed by atoms with E-state index in [4.69, 9.17) is 34.4 Å². The number of rotatable bonds is 28. The van der Waals surface area contributed by atoms with Gasteiger partial charge >= 0.3 is 11.9 Å². The van der Waals surface area contributed by atoms with Crippen molar-refractivity contribution >= 4 is 59.3 Å². The minimum absolute atomic E-state index is 0.0180. The lowest BCUT2D eigenvalue weighted by Crippen LogP contribution is -2.60. The first-order valence-corrected chi connectivity index (χ1v) is 19.8. The molecule has 25 heteroatoms. The highest BCUT2D eigenvalue weighted by molar-refractivity contribution is 5.97. The van der Waals surface area contributed by atoms with Crippen LogP contribution in [0.1, 0.15) is 56.1 Å². The number of nitrogens with two attached hydrogens (primary N) is 6. The zero-order valence-electron chi connectivity index (χ0n) is 34.8. The van der Waals surface area contributed by atoms with E-state index in [1.807, 2.05) is 0 Å². The summed E-state index contributed by atoms with van der Waals surface area (Å²) in [5, 5.41) is 50.8. The number of carbonyl (C=O) groups is 8. The number of carboxylic acids is 2. The topological polar surface area (TPSA) is 458 Å². The summed E-state index contributed by atoms with van der Waals surface area (Å²) >= 11 is 0. The molecule has 64 heavy (non-hydrogen) atoms. The van der Waals surface area contributed by atoms with Gasteiger partial charge in [-0.05, 0) is 67.5 Å². The number of aliphatic carboxylic acids is 2. The fourth-order valence-corrected chi connectivity index (χ4v) is 5.87. The first kappa shape index (κ1) is 52.4. The van der Waals surface area contributed by atoms with E-state index in [-0.39, 0.29) is 68.6 Å². The lowest BCUT2D eigenvalue weighted by atomic mass is 10.0. The number of aromatic hydroxyl groups is 2. The van der Waals surface area contributed by atoms with E-state index >= 15 is 0 Å². The van der Waals surface area contributed by atoms with Crippen molar-refractivity contribution in [3.05, 3.63) is 59.7 Å². The van der Waals surface area contributed by atoms with Gasteiger partial charge in [0.1, 0.15) is 41.7 Å². The number of nitrogens with one attached hydrogen (secondary N) is 5. The van der Waals surface area contributed by atoms with Crippen LogP contribution in [0.15, 0.2) is 58.5 Å². The molecule has 0 saturated carbocycles. The molecule has 0 fully saturated rings. The summed E-state index contributed by atoms with van der Waals surface area (Å²) in [5.41, 5.74) is 33.7. The van der Waals surface area contributed by atoms with E-state index < -0.39 is 103 Å². The lowest BCUT2D eigenvalue weighted by molar-refractivity contribution is -0.142. The SMILES string of the molecule is NC(=O)CC[C@H](NC(=O)[C@H](CC(=O)O)NC(=O)[C@H](Cc1ccc(O)cc1)NC(=O)[C@@H](N)CCCN=C(N)N)C(=O)N[C@@H](CCCN=C(N)N)C(=O)N[C@@H](Cc1ccc(O)cc1)C(=O)O. The van der Waals surface area contributed by atoms with E-state index in [0.29, 0.717) is 17.5 Å². The van der Waals surface area contributed by atoms with Crippen LogP contribution in [-0.4, -0.2) is 129 Å². The third-order valence-corrected chi connectivity index (χ3v) is 9.21. The van der Waals surface area contributed by atoms with Gasteiger partial charge in [0.15, 0.2) is 11.9 Å². The van der Waals surface area contributed by atoms with Gasteiger partial charge in [-0.3, -0.25) is 43.5 Å². The Kier molecular flexibility index (Phi) is 21.8. The normalized spacial score (nSPS) is 13.5. The number of guanidine groups is 2. The summed E-state index contributed by atoms with van der Waals surface area (Å²) in [5.74, 6) is -9.67. The summed E-state index contributed by atoms with van der Waals surface area (Å²) in [7, 11) is 0. The Labute approximate surface area is 366 Å². The number of primary amides is 1. The average Bonchev–Trinajstić information content (AvgIpc) is 3.22. The Bertz CT molecular complexity index is 1990. The Morgan fingerprint density at radius 3 is 1.36 bits per heavy atom. The Morgan fingerprint density at radius 1 is 0.516 bits per heavy atom. The van der Waals surface area contributed by atoms with Crippen molar-refractivity contribution in [1.82, 2.24) is 26.6 Å². The second-order valence-corrected chi connectivity index (χ2v) is 14.5. The van der Waals surface area contributed by atoms with Crippen molar-refractivity contribution in [2.24, 2.45) is 44.4 Å². The molecule has 0 aliphatic rings. The van der Waals surface area contributed by atoms with E-state index in [1.54, 1.807) is 0 Å². The molecular weight excluding hydrogens is 843 g/mol. The molecule has 0 saturated heterocycles. The number of phenols is 2. The molecule has 0 aromatic heterocycles. The maximum Gasteiger partial charge on any atom is 0.326 e. The molecule has 0 unspecified atom stereocenters. The van der Waals surface area contributed by atoms with Crippen molar-refractivity contribution in [2.45, 2.75) is 94.0 Å². The predicted molar refractivity (Wildman–Crippen MR) is 229 cm³/mol. The highest BCUT2D eigenvalue weighted by atomic mass is 16.4. The molecule has 0 spiro atoms. The molecular formula is C39H57N13O12. The van der Waals surface area contributed by atoms with E-state index in [9.17, 15) is 58.8 Å². The van der Waals surface area contributed by atoms with Gasteiger partial charge < -0.3 is 81.4 Å². The molecule has 2 aromatic rings. The van der Waals surface area contributed by atoms with Crippen LogP contribution in [-0.2, 0) is 51.2 Å². The van der Waals surface area contributed by atoms with Gasteiger partial charge in [-0.1, -0.05) is 24.3 Å². The van der Waals surface area contributed by atoms with Crippen molar-refractivity contribution in [3.8, 4) is 11.5 Å². The first-order valence-electron chi connectivity index (χ1n) is 19.8. The third kappa shape index (κ3) is 20.2. The fourth-order valence-electron chi connectivity index (χ4n) is 5.87. The zero-order chi connectivity index (χ0) is 47.9. The van der Waals surface area contributed by atoms with Crippen LogP contribution in [0.4, 0.5) is 0 Å². The number of nitrogens with zero attached hydrogens (tertiary/aromatic N) is 2. The van der Waals surface area contributed by atoms with Gasteiger partial charge in [0.2, 0.25) is 35.4 Å². The highest BCUT2D eigenvalue weighted by Gasteiger charge is 2.34. The number of hydrogen-bond donors (Lipinski definition) is 15. The Hall–Kier alpha value is -7.70. The Morgan fingerprint density at radius 2 is 0.906 bits per heavy atom. The van der Waals surface area contributed by atoms with Crippen LogP contribution >= 0.6 is 0 Å². The van der Waals surface area contributed by atoms with Crippen molar-refractivity contribution in [1.29, 1.82) is 0 Å². The van der Waals surface area contributed by atoms with Crippen LogP contribution in [0.5, 0.6) is 11.5 Å². The minimum Gasteiger partial charge on any atom is -0.508 e. The fraction of sp³-hybridized carbons (Fsp3) is 0.436. The second-order valence-electron chi connectivity index (χ2n) is 14.5. The third-order valence-electron chi connectivity index (χ3n) is 9.21. The van der Waals surface area contributed by atoms with E-state index in [0.717, 1.165) is 0 Å². The second kappa shape index (κ2) is 26.6. The van der Waals surface area contributed by atoms with Gasteiger partial charge in [0.25, 0.3) is 0 Å². The van der Waals surface area contributed by atoms with Gasteiger partial charge in [-0.2, -0.15) is 0 Å². The zero-order valence-corrected chi connectivity index (χ0v) is 34.8. The number of benzene rings is 2. The van der Waals surface area contributed by atoms with Gasteiger partial charge in [-0.15, -0.1) is 0 Å². The van der Waals surface area contributed by atoms with E-state index in [1.165, 1.54) is 48.5 Å². The number of phenolic OH excluding ortho intramolecular Hbond substituents is 2. The predicted octanol–water partition coefficient (Wildman–Crippen LogP) is -4.43. The molecule has 2 rings (SSSR count). The number of hydrogen-bond acceptors (Lipinski definition) is 13. The number of carbonyl (C=O) groups excluding carboxylic acids is 6. The molecule has 0 aliphatic carbocycles. The number of amides is 6. The van der Waals surface area contributed by atoms with Crippen LogP contribution in [0.25, 0.3) is 0 Å². The Balaban J connectivity index is 2.39. The maximum absolute atomic E-state index is 13.8. The van der Waals surface area contributed by atoms with Crippen LogP contribution in [0.2, 0.25) is 0 Å². The molecule has 0 aliphatic heterocycles. The molecule has 2 aromatic carbocycles. The molecule has 25 nitrogen and oxygen atoms in total. The summed E-state index contributed by atoms with van der Waals surface area (Å²) in [4.78, 5) is 112. The molecule has 6 atom stereocenters. The molecule has 0 radical (unpaired) electrons. The number of carboxylic acid groups (broad SMARTS) is 2. The van der Waals surface area contributed by atoms with Gasteiger partial charge in [-0.25, -0.2) is 4.79 Å². The molecule has 0 bridgehead atoms. The van der Waals surface area contributed by atoms with Crippen LogP contribution < -0.4 is 61.0 Å². The quantitative estimate of drug-likeness (QED) is 0.0218. The first-order chi connectivity index (χ1) is 30.1. The maximum atomic E-state index is 13.8. The highest BCUT2D eigenvalue weighted by Crippen LogP contribution is 2.14. The van der Waals surface area contributed by atoms with Gasteiger partial charge in [0.05, 0.1) is 12.5 Å². The lowest BCUT2D eigenvalue weighted by Gasteiger charge is -2.27. The monoisotopic (exact) mass is 899 g/mol. The standard InChI is InChI=1S/C39H57N13O12/c40-24(3-1-15-46-38(42)43)32(58)50-27(17-20-5-9-22(53)10-6-20)35(61)51-28(19-31(56)57)36(62)49-26(13-14-30(41)55)34(60)48-25(4-2-16-47-39(44)45)33(59)52-29(37(63)64)18-21-7-11-23(54)12-8-21/h5-12,24-29,53-54H,1-4,13-19,40H2,(H2,41,55)(H,48,60)(H,49,62)(H,50,58)(H,51,61)(H,52,59)(H,56,57)(H,63,64)(H4,42,43,46)(H4,44,45,47)/t24-,25-,26-,27-,28-,29-/m0/s1. The van der Waals surface area contributed by atoms with Crippen molar-refractivity contribution in [3.63, 3.8) is 0 Å². The molecule has 6 amide bonds. The molecule has 21 N–H and O–H groups in total. The molecule has 350 valence electrons. The van der Waals surface area contributed by atoms with Crippen molar-refractivity contribution < 1.29 is 58.8 Å². The number of aliphatic imine (C=N–C) groups is 2. The average molecular weight is 900 g/mol. The summed E-state index contributed by atoms with van der Waals surface area (Å²) in [6, 6.07) is 1.83. The smallest absolute Gasteiger partial charge is 0.326 e. The van der Waals surface area contributed by atoms with E-state index in [2.05, 4.69) is 36.6 Å². The van der Waals surface area contributed by atoms with Gasteiger partial charge in [0, 0.05) is 32.4 Å². The minimum atomic E-state index is -1.91. The van der Waals surface area contributed by atoms with Crippen molar-refractivity contribution in [2.75, 3.05) is 13.1 Å². The summed E-state index contributed by atoms with van der Waals surface area (Å²) in [6.45, 7) is 0.140. The van der Waals surface area contributed by atoms with Crippen LogP contribution in [0.3, 0.4) is 0 Å². The van der Waals surface area contributed by atoms with Crippen LogP contribution in [0, 0.1) is 0 Å². The summed E-state index contributed by atoms with van der Waals surface area (Å²) in [6.07, 6.45) is -2.21. The largest absolute Gasteiger partial charge is 0.508 e. The summed E-state index contributed by atoms with van der Waals surface area (Å²) < 4.78 is 0.